The van der Waals surface area contributed by atoms with Gasteiger partial charge in [0.1, 0.15) is 0 Å². The summed E-state index contributed by atoms with van der Waals surface area (Å²) in [6.07, 6.45) is 1.88. The van der Waals surface area contributed by atoms with Crippen molar-refractivity contribution in [2.75, 3.05) is 11.4 Å². The number of nitrogens with two attached hydrogens (primary N) is 1. The van der Waals surface area contributed by atoms with Crippen LogP contribution in [0.3, 0.4) is 0 Å². The maximum absolute atomic E-state index is 11.4. The normalized spacial score (nSPS) is 16.9. The Morgan fingerprint density at radius 2 is 1.71 bits per heavy atom. The van der Waals surface area contributed by atoms with E-state index in [9.17, 15) is 4.79 Å². The Labute approximate surface area is 141 Å². The molecule has 24 heavy (non-hydrogen) atoms. The molecule has 0 amide bonds. The number of nitrogens with zero attached hydrogens (tertiary/aromatic N) is 1. The zero-order valence-electron chi connectivity index (χ0n) is 13.5. The molecule has 0 fully saturated rings. The lowest BCUT2D eigenvalue weighted by Gasteiger charge is -2.38. The van der Waals surface area contributed by atoms with Crippen LogP contribution in [-0.2, 0) is 13.0 Å². The van der Waals surface area contributed by atoms with Gasteiger partial charge in [-0.05, 0) is 29.0 Å². The molecule has 0 bridgehead atoms. The van der Waals surface area contributed by atoms with Gasteiger partial charge in [0, 0.05) is 35.8 Å². The standard InChI is InChI=1S/C21H20N2O/c22-12-18-11-15-5-1-2-6-16(15)13-23(18)21-10-4-8-19-17(14-24)7-3-9-20(19)21/h1-10,14,18H,11-13,22H2. The number of aldehydes is 1. The van der Waals surface area contributed by atoms with Crippen molar-refractivity contribution in [3.8, 4) is 0 Å². The lowest BCUT2D eigenvalue weighted by Crippen LogP contribution is -2.45. The van der Waals surface area contributed by atoms with Gasteiger partial charge >= 0.3 is 0 Å². The maximum Gasteiger partial charge on any atom is 0.150 e. The van der Waals surface area contributed by atoms with Gasteiger partial charge in [0.15, 0.2) is 6.29 Å². The SMILES string of the molecule is NCC1Cc2ccccc2CN1c1cccc2c(C=O)cccc12. The summed E-state index contributed by atoms with van der Waals surface area (Å²) in [7, 11) is 0. The highest BCUT2D eigenvalue weighted by Crippen LogP contribution is 2.34. The Morgan fingerprint density at radius 1 is 0.958 bits per heavy atom. The average molecular weight is 316 g/mol. The van der Waals surface area contributed by atoms with Crippen LogP contribution in [0.25, 0.3) is 10.8 Å². The highest BCUT2D eigenvalue weighted by Gasteiger charge is 2.26. The summed E-state index contributed by atoms with van der Waals surface area (Å²) >= 11 is 0. The Hall–Kier alpha value is -2.65. The number of fused-ring (bicyclic) bond motifs is 2. The number of benzene rings is 3. The van der Waals surface area contributed by atoms with Gasteiger partial charge in [-0.25, -0.2) is 0 Å². The van der Waals surface area contributed by atoms with Gasteiger partial charge < -0.3 is 10.6 Å². The molecule has 3 aromatic carbocycles. The summed E-state index contributed by atoms with van der Waals surface area (Å²) in [4.78, 5) is 13.7. The van der Waals surface area contributed by atoms with E-state index in [4.69, 9.17) is 5.73 Å². The van der Waals surface area contributed by atoms with Crippen molar-refractivity contribution in [1.29, 1.82) is 0 Å². The zero-order chi connectivity index (χ0) is 16.5. The van der Waals surface area contributed by atoms with E-state index in [0.717, 1.165) is 41.3 Å². The van der Waals surface area contributed by atoms with Crippen LogP contribution in [-0.4, -0.2) is 18.9 Å². The lowest BCUT2D eigenvalue weighted by atomic mass is 9.92. The molecular formula is C21H20N2O. The number of hydrogen-bond donors (Lipinski definition) is 1. The number of hydrogen-bond acceptors (Lipinski definition) is 3. The maximum atomic E-state index is 11.4. The highest BCUT2D eigenvalue weighted by atomic mass is 16.1. The highest BCUT2D eigenvalue weighted by molar-refractivity contribution is 6.03. The minimum Gasteiger partial charge on any atom is -0.362 e. The third kappa shape index (κ3) is 2.38. The molecule has 0 saturated carbocycles. The number of rotatable bonds is 3. The second kappa shape index (κ2) is 6.10. The molecule has 0 spiro atoms. The Balaban J connectivity index is 1.86. The van der Waals surface area contributed by atoms with Crippen LogP contribution >= 0.6 is 0 Å². The fraction of sp³-hybridized carbons (Fsp3) is 0.190. The molecule has 4 rings (SSSR count). The summed E-state index contributed by atoms with van der Waals surface area (Å²) in [5.74, 6) is 0. The Kier molecular flexibility index (Phi) is 3.79. The molecule has 0 aliphatic carbocycles. The van der Waals surface area contributed by atoms with Crippen molar-refractivity contribution in [2.45, 2.75) is 19.0 Å². The monoisotopic (exact) mass is 316 g/mol. The van der Waals surface area contributed by atoms with Crippen LogP contribution in [0.4, 0.5) is 5.69 Å². The predicted octanol–water partition coefficient (Wildman–Crippen LogP) is 3.54. The third-order valence-corrected chi connectivity index (χ3v) is 5.00. The van der Waals surface area contributed by atoms with E-state index in [2.05, 4.69) is 41.3 Å². The first-order valence-corrected chi connectivity index (χ1v) is 8.32. The Bertz CT molecular complexity index is 903. The molecule has 0 radical (unpaired) electrons. The molecule has 3 heteroatoms. The molecule has 1 unspecified atom stereocenters. The molecule has 3 nitrogen and oxygen atoms in total. The topological polar surface area (TPSA) is 46.3 Å². The molecule has 2 N–H and O–H groups in total. The van der Waals surface area contributed by atoms with E-state index in [1.54, 1.807) is 0 Å². The summed E-state index contributed by atoms with van der Waals surface area (Å²) in [6, 6.07) is 20.9. The minimum absolute atomic E-state index is 0.269. The first-order chi connectivity index (χ1) is 11.8. The van der Waals surface area contributed by atoms with Crippen molar-refractivity contribution in [1.82, 2.24) is 0 Å². The van der Waals surface area contributed by atoms with Crippen LogP contribution in [0.15, 0.2) is 60.7 Å². The smallest absolute Gasteiger partial charge is 0.150 e. The molecule has 0 aromatic heterocycles. The molecule has 0 saturated heterocycles. The van der Waals surface area contributed by atoms with E-state index in [1.807, 2.05) is 24.3 Å². The van der Waals surface area contributed by atoms with Crippen LogP contribution in [0, 0.1) is 0 Å². The number of carbonyl (C=O) groups is 1. The van der Waals surface area contributed by atoms with Crippen LogP contribution in [0.1, 0.15) is 21.5 Å². The molecule has 1 aliphatic rings. The van der Waals surface area contributed by atoms with Crippen molar-refractivity contribution in [3.63, 3.8) is 0 Å². The molecule has 3 aromatic rings. The van der Waals surface area contributed by atoms with Crippen molar-refractivity contribution in [3.05, 3.63) is 77.4 Å². The second-order valence-electron chi connectivity index (χ2n) is 6.33. The van der Waals surface area contributed by atoms with Crippen molar-refractivity contribution >= 4 is 22.7 Å². The molecule has 120 valence electrons. The zero-order valence-corrected chi connectivity index (χ0v) is 13.5. The third-order valence-electron chi connectivity index (χ3n) is 5.00. The summed E-state index contributed by atoms with van der Waals surface area (Å²) in [5.41, 5.74) is 10.7. The fourth-order valence-electron chi connectivity index (χ4n) is 3.75. The average Bonchev–Trinajstić information content (AvgIpc) is 2.65. The first-order valence-electron chi connectivity index (χ1n) is 8.32. The van der Waals surface area contributed by atoms with E-state index in [1.165, 1.54) is 11.1 Å². The largest absolute Gasteiger partial charge is 0.362 e. The van der Waals surface area contributed by atoms with E-state index in [0.29, 0.717) is 6.54 Å². The van der Waals surface area contributed by atoms with E-state index in [-0.39, 0.29) is 6.04 Å². The predicted molar refractivity (Wildman–Crippen MR) is 98.5 cm³/mol. The summed E-state index contributed by atoms with van der Waals surface area (Å²) in [5, 5.41) is 2.11. The van der Waals surface area contributed by atoms with Gasteiger partial charge in [-0.1, -0.05) is 54.6 Å². The van der Waals surface area contributed by atoms with Gasteiger partial charge in [0.25, 0.3) is 0 Å². The quantitative estimate of drug-likeness (QED) is 0.752. The first kappa shape index (κ1) is 14.9. The van der Waals surface area contributed by atoms with Gasteiger partial charge in [-0.2, -0.15) is 0 Å². The summed E-state index contributed by atoms with van der Waals surface area (Å²) in [6.45, 7) is 1.46. The minimum atomic E-state index is 0.269. The van der Waals surface area contributed by atoms with Crippen molar-refractivity contribution < 1.29 is 4.79 Å². The van der Waals surface area contributed by atoms with Crippen LogP contribution in [0.2, 0.25) is 0 Å². The van der Waals surface area contributed by atoms with E-state index < -0.39 is 0 Å². The van der Waals surface area contributed by atoms with Gasteiger partial charge in [0.05, 0.1) is 0 Å². The fourth-order valence-corrected chi connectivity index (χ4v) is 3.75. The number of carbonyl (C=O) groups excluding carboxylic acids is 1. The van der Waals surface area contributed by atoms with Gasteiger partial charge in [-0.15, -0.1) is 0 Å². The molecule has 1 heterocycles. The molecular weight excluding hydrogens is 296 g/mol. The molecule has 1 aliphatic heterocycles. The second-order valence-corrected chi connectivity index (χ2v) is 6.33. The summed E-state index contributed by atoms with van der Waals surface area (Å²) < 4.78 is 0. The van der Waals surface area contributed by atoms with Gasteiger partial charge in [-0.3, -0.25) is 4.79 Å². The molecule has 1 atom stereocenters. The van der Waals surface area contributed by atoms with Crippen molar-refractivity contribution in [2.24, 2.45) is 5.73 Å². The van der Waals surface area contributed by atoms with E-state index >= 15 is 0 Å². The van der Waals surface area contributed by atoms with Crippen LogP contribution < -0.4 is 10.6 Å². The number of anilines is 1. The lowest BCUT2D eigenvalue weighted by molar-refractivity contribution is 0.112. The Morgan fingerprint density at radius 3 is 2.50 bits per heavy atom. The van der Waals surface area contributed by atoms with Crippen LogP contribution in [0.5, 0.6) is 0 Å². The van der Waals surface area contributed by atoms with Gasteiger partial charge in [0.2, 0.25) is 0 Å².